The fraction of sp³-hybridized carbons (Fsp3) is 0.455. The van der Waals surface area contributed by atoms with Crippen LogP contribution in [0.4, 0.5) is 5.82 Å². The Kier molecular flexibility index (Phi) is 7.38. The van der Waals surface area contributed by atoms with Crippen LogP contribution < -0.4 is 15.2 Å². The molecule has 0 amide bonds. The number of aromatic nitrogens is 3. The summed E-state index contributed by atoms with van der Waals surface area (Å²) >= 11 is 1.49. The molecule has 0 spiro atoms. The van der Waals surface area contributed by atoms with Crippen LogP contribution in [-0.4, -0.2) is 56.8 Å². The highest BCUT2D eigenvalue weighted by atomic mass is 32.1. The van der Waals surface area contributed by atoms with Crippen LogP contribution in [0.1, 0.15) is 34.5 Å². The third-order valence-electron chi connectivity index (χ3n) is 5.93. The van der Waals surface area contributed by atoms with E-state index in [-0.39, 0.29) is 12.3 Å². The zero-order valence-electron chi connectivity index (χ0n) is 18.6. The van der Waals surface area contributed by atoms with E-state index >= 15 is 0 Å². The summed E-state index contributed by atoms with van der Waals surface area (Å²) in [5.74, 6) is 0.894. The van der Waals surface area contributed by atoms with Gasteiger partial charge in [0.1, 0.15) is 5.82 Å². The largest absolute Gasteiger partial charge is 0.481 e. The number of rotatable bonds is 7. The summed E-state index contributed by atoms with van der Waals surface area (Å²) in [6.07, 6.45) is 4.53. The molecule has 11 heteroatoms. The normalized spacial score (nSPS) is 14.9. The Labute approximate surface area is 196 Å². The van der Waals surface area contributed by atoms with Gasteiger partial charge < -0.3 is 19.4 Å². The first-order valence-corrected chi connectivity index (χ1v) is 13.1. The van der Waals surface area contributed by atoms with E-state index < -0.39 is 13.9 Å². The van der Waals surface area contributed by atoms with Crippen molar-refractivity contribution >= 4 is 42.2 Å². The van der Waals surface area contributed by atoms with Gasteiger partial charge >= 0.3 is 0 Å². The number of aryl methyl sites for hydroxylation is 1. The molecule has 0 aliphatic carbocycles. The molecule has 1 aliphatic heterocycles. The monoisotopic (exact) mass is 490 g/mol. The smallest absolute Gasteiger partial charge is 0.285 e. The molecule has 33 heavy (non-hydrogen) atoms. The Balaban J connectivity index is 1.65. The molecule has 176 valence electrons. The molecule has 9 nitrogen and oxygen atoms in total. The molecule has 1 fully saturated rings. The molecule has 1 aliphatic rings. The molecule has 3 aromatic heterocycles. The van der Waals surface area contributed by atoms with Crippen molar-refractivity contribution in [2.45, 2.75) is 32.6 Å². The minimum Gasteiger partial charge on any atom is -0.481 e. The van der Waals surface area contributed by atoms with Gasteiger partial charge in [0.25, 0.3) is 11.5 Å². The molecule has 4 heterocycles. The van der Waals surface area contributed by atoms with Crippen LogP contribution in [0.25, 0.3) is 10.8 Å². The van der Waals surface area contributed by atoms with E-state index in [0.29, 0.717) is 47.6 Å². The molecular formula is C22H27N4O5PS. The van der Waals surface area contributed by atoms with Gasteiger partial charge in [0, 0.05) is 35.6 Å². The van der Waals surface area contributed by atoms with Crippen molar-refractivity contribution in [2.75, 3.05) is 31.3 Å². The van der Waals surface area contributed by atoms with E-state index in [9.17, 15) is 19.4 Å². The second kappa shape index (κ2) is 10.3. The van der Waals surface area contributed by atoms with Gasteiger partial charge in [-0.1, -0.05) is 0 Å². The van der Waals surface area contributed by atoms with Crippen LogP contribution in [0.5, 0.6) is 5.88 Å². The standard InChI is InChI=1S/C22H27N4O5PS/c1-14-9-17(33-13-14)11-19(27)26-22(28)20-16(12-23-26)10-18(31-2)24-21(20)25-6-3-15(4-7-25)5-8-32(29)30/h9-10,12-13,15,29-30H,3-8,11H2,1-2H3. The van der Waals surface area contributed by atoms with Crippen molar-refractivity contribution in [1.29, 1.82) is 0 Å². The molecule has 0 unspecified atom stereocenters. The van der Waals surface area contributed by atoms with Crippen molar-refractivity contribution in [2.24, 2.45) is 5.92 Å². The predicted octanol–water partition coefficient (Wildman–Crippen LogP) is 2.96. The van der Waals surface area contributed by atoms with Crippen molar-refractivity contribution in [3.8, 4) is 5.88 Å². The quantitative estimate of drug-likeness (QED) is 0.486. The number of carbonyl (C=O) groups excluding carboxylic acids is 1. The summed E-state index contributed by atoms with van der Waals surface area (Å²) in [5.41, 5.74) is 0.599. The molecule has 0 bridgehead atoms. The minimum absolute atomic E-state index is 0.111. The van der Waals surface area contributed by atoms with Crippen molar-refractivity contribution in [1.82, 2.24) is 14.8 Å². The van der Waals surface area contributed by atoms with Gasteiger partial charge in [-0.05, 0) is 49.1 Å². The Morgan fingerprint density at radius 2 is 2.06 bits per heavy atom. The van der Waals surface area contributed by atoms with Gasteiger partial charge in [-0.2, -0.15) is 14.8 Å². The average Bonchev–Trinajstić information content (AvgIpc) is 3.21. The fourth-order valence-electron chi connectivity index (χ4n) is 4.18. The Bertz CT molecular complexity index is 1200. The fourth-order valence-corrected chi connectivity index (χ4v) is 5.64. The molecule has 3 aromatic rings. The summed E-state index contributed by atoms with van der Waals surface area (Å²) in [6.45, 7) is 3.32. The van der Waals surface area contributed by atoms with Gasteiger partial charge in [-0.15, -0.1) is 11.3 Å². The van der Waals surface area contributed by atoms with E-state index in [4.69, 9.17) is 4.74 Å². The van der Waals surface area contributed by atoms with Crippen LogP contribution >= 0.6 is 19.7 Å². The Morgan fingerprint density at radius 3 is 2.70 bits per heavy atom. The number of methoxy groups -OCH3 is 1. The molecule has 0 aromatic carbocycles. The lowest BCUT2D eigenvalue weighted by Crippen LogP contribution is -2.36. The lowest BCUT2D eigenvalue weighted by molar-refractivity contribution is 0.0893. The van der Waals surface area contributed by atoms with Crippen LogP contribution in [0.2, 0.25) is 0 Å². The summed E-state index contributed by atoms with van der Waals surface area (Å²) in [5, 5.41) is 7.04. The van der Waals surface area contributed by atoms with E-state index in [0.717, 1.165) is 34.4 Å². The van der Waals surface area contributed by atoms with Crippen molar-refractivity contribution in [3.05, 3.63) is 44.5 Å². The molecule has 4 rings (SSSR count). The summed E-state index contributed by atoms with van der Waals surface area (Å²) in [7, 11) is -0.346. The van der Waals surface area contributed by atoms with Gasteiger partial charge in [0.2, 0.25) is 5.88 Å². The molecule has 0 radical (unpaired) electrons. The zero-order valence-corrected chi connectivity index (χ0v) is 20.3. The third-order valence-corrected chi connectivity index (χ3v) is 7.65. The molecule has 1 saturated heterocycles. The highest BCUT2D eigenvalue weighted by Gasteiger charge is 2.25. The highest BCUT2D eigenvalue weighted by molar-refractivity contribution is 7.45. The van der Waals surface area contributed by atoms with Gasteiger partial charge in [0.05, 0.1) is 25.1 Å². The predicted molar refractivity (Wildman–Crippen MR) is 130 cm³/mol. The zero-order chi connectivity index (χ0) is 23.5. The summed E-state index contributed by atoms with van der Waals surface area (Å²) in [4.78, 5) is 52.2. The number of thiophene rings is 1. The first-order valence-electron chi connectivity index (χ1n) is 10.8. The maximum atomic E-state index is 13.4. The second-order valence-electron chi connectivity index (χ2n) is 8.29. The first-order chi connectivity index (χ1) is 15.9. The van der Waals surface area contributed by atoms with Gasteiger partial charge in [-0.25, -0.2) is 0 Å². The number of carbonyl (C=O) groups is 1. The van der Waals surface area contributed by atoms with Crippen molar-refractivity contribution < 1.29 is 19.3 Å². The van der Waals surface area contributed by atoms with E-state index in [1.165, 1.54) is 24.6 Å². The number of pyridine rings is 1. The molecular weight excluding hydrogens is 463 g/mol. The minimum atomic E-state index is -1.87. The third kappa shape index (κ3) is 5.41. The average molecular weight is 491 g/mol. The SMILES string of the molecule is COc1cc2cnn(C(=O)Cc3cc(C)cs3)c(=O)c2c(N2CCC(CCP(O)O)CC2)n1. The lowest BCUT2D eigenvalue weighted by atomic mass is 9.94. The van der Waals surface area contributed by atoms with Crippen molar-refractivity contribution in [3.63, 3.8) is 0 Å². The van der Waals surface area contributed by atoms with Gasteiger partial charge in [-0.3, -0.25) is 9.59 Å². The number of nitrogens with zero attached hydrogens (tertiary/aromatic N) is 4. The van der Waals surface area contributed by atoms with E-state index in [1.807, 2.05) is 23.3 Å². The number of fused-ring (bicyclic) bond motifs is 1. The van der Waals surface area contributed by atoms with Crippen LogP contribution in [-0.2, 0) is 6.42 Å². The maximum absolute atomic E-state index is 13.4. The lowest BCUT2D eigenvalue weighted by Gasteiger charge is -2.33. The Morgan fingerprint density at radius 1 is 1.30 bits per heavy atom. The van der Waals surface area contributed by atoms with Crippen LogP contribution in [0, 0.1) is 12.8 Å². The summed E-state index contributed by atoms with van der Waals surface area (Å²) in [6, 6.07) is 3.59. The van der Waals surface area contributed by atoms with Crippen LogP contribution in [0.3, 0.4) is 0 Å². The van der Waals surface area contributed by atoms with E-state index in [1.54, 1.807) is 6.07 Å². The number of hydrogen-bond acceptors (Lipinski definition) is 9. The van der Waals surface area contributed by atoms with E-state index in [2.05, 4.69) is 10.1 Å². The van der Waals surface area contributed by atoms with Crippen LogP contribution in [0.15, 0.2) is 28.5 Å². The summed E-state index contributed by atoms with van der Waals surface area (Å²) < 4.78 is 6.28. The highest BCUT2D eigenvalue weighted by Crippen LogP contribution is 2.33. The number of ether oxygens (including phenoxy) is 1. The topological polar surface area (TPSA) is 118 Å². The second-order valence-corrected chi connectivity index (χ2v) is 10.5. The number of hydrogen-bond donors (Lipinski definition) is 2. The molecule has 0 saturated carbocycles. The maximum Gasteiger partial charge on any atom is 0.285 e. The number of anilines is 1. The van der Waals surface area contributed by atoms with Gasteiger partial charge in [0.15, 0.2) is 8.38 Å². The first kappa shape index (κ1) is 23.8. The Hall–Kier alpha value is -2.39. The number of piperidine rings is 1. The molecule has 0 atom stereocenters. The molecule has 2 N–H and O–H groups in total.